The molecular formula is C13H17NO5. The fourth-order valence-electron chi connectivity index (χ4n) is 2.36. The Labute approximate surface area is 110 Å². The van der Waals surface area contributed by atoms with Crippen molar-refractivity contribution in [2.75, 3.05) is 13.7 Å². The van der Waals surface area contributed by atoms with Crippen LogP contribution in [0.1, 0.15) is 29.5 Å². The van der Waals surface area contributed by atoms with Gasteiger partial charge in [-0.15, -0.1) is 0 Å². The summed E-state index contributed by atoms with van der Waals surface area (Å²) in [6.45, 7) is 2.01. The normalized spacial score (nSPS) is 22.6. The van der Waals surface area contributed by atoms with Crippen molar-refractivity contribution in [2.45, 2.75) is 31.9 Å². The van der Waals surface area contributed by atoms with Crippen LogP contribution in [0.3, 0.4) is 0 Å². The van der Waals surface area contributed by atoms with Crippen molar-refractivity contribution in [3.05, 3.63) is 23.7 Å². The number of rotatable bonds is 3. The molecule has 104 valence electrons. The molecule has 6 nitrogen and oxygen atoms in total. The molecule has 1 fully saturated rings. The number of ether oxygens (including phenoxy) is 1. The molecule has 2 rings (SSSR count). The van der Waals surface area contributed by atoms with Gasteiger partial charge in [0.2, 0.25) is 0 Å². The molecule has 1 aliphatic rings. The van der Waals surface area contributed by atoms with Crippen LogP contribution in [0.2, 0.25) is 0 Å². The highest BCUT2D eigenvalue weighted by Gasteiger charge is 2.40. The van der Waals surface area contributed by atoms with Crippen LogP contribution >= 0.6 is 0 Å². The topological polar surface area (TPSA) is 80.0 Å². The minimum Gasteiger partial charge on any atom is -0.469 e. The summed E-state index contributed by atoms with van der Waals surface area (Å²) in [5.74, 6) is -0.237. The van der Waals surface area contributed by atoms with Gasteiger partial charge in [-0.3, -0.25) is 4.79 Å². The predicted octanol–water partition coefficient (Wildman–Crippen LogP) is 0.590. The van der Waals surface area contributed by atoms with E-state index in [4.69, 9.17) is 4.42 Å². The number of esters is 1. The number of aliphatic hydroxyl groups excluding tert-OH is 1. The number of hydrogen-bond donors (Lipinski definition) is 1. The number of carbonyl (C=O) groups is 2. The molecule has 1 N–H and O–H groups in total. The lowest BCUT2D eigenvalue weighted by Crippen LogP contribution is -2.41. The average molecular weight is 267 g/mol. The number of furan rings is 1. The fraction of sp³-hybridized carbons (Fsp3) is 0.538. The maximum absolute atomic E-state index is 12.4. The summed E-state index contributed by atoms with van der Waals surface area (Å²) < 4.78 is 9.89. The van der Waals surface area contributed by atoms with Crippen molar-refractivity contribution in [3.63, 3.8) is 0 Å². The Morgan fingerprint density at radius 3 is 2.95 bits per heavy atom. The number of aryl methyl sites for hydroxylation is 1. The molecular weight excluding hydrogens is 250 g/mol. The smallest absolute Gasteiger partial charge is 0.328 e. The van der Waals surface area contributed by atoms with Crippen molar-refractivity contribution >= 4 is 11.9 Å². The summed E-state index contributed by atoms with van der Waals surface area (Å²) in [4.78, 5) is 25.4. The zero-order chi connectivity index (χ0) is 14.0. The molecule has 19 heavy (non-hydrogen) atoms. The van der Waals surface area contributed by atoms with Crippen LogP contribution in [0.25, 0.3) is 0 Å². The van der Waals surface area contributed by atoms with Gasteiger partial charge in [-0.2, -0.15) is 0 Å². The third-order valence-electron chi connectivity index (χ3n) is 3.31. The van der Waals surface area contributed by atoms with Crippen molar-refractivity contribution in [2.24, 2.45) is 0 Å². The highest BCUT2D eigenvalue weighted by molar-refractivity contribution is 5.98. The number of nitrogens with zero attached hydrogens (tertiary/aromatic N) is 1. The van der Waals surface area contributed by atoms with E-state index in [9.17, 15) is 14.7 Å². The summed E-state index contributed by atoms with van der Waals surface area (Å²) in [5, 5.41) is 9.66. The lowest BCUT2D eigenvalue weighted by Gasteiger charge is -2.22. The number of β-amino-alcohol motifs (C(OH)–C–C–N with tert-alkyl or cyclic N) is 1. The number of amides is 1. The van der Waals surface area contributed by atoms with E-state index < -0.39 is 18.1 Å². The lowest BCUT2D eigenvalue weighted by molar-refractivity contribution is -0.145. The average Bonchev–Trinajstić information content (AvgIpc) is 3.02. The zero-order valence-corrected chi connectivity index (χ0v) is 11.0. The first-order valence-electron chi connectivity index (χ1n) is 6.21. The molecule has 0 bridgehead atoms. The fourth-order valence-corrected chi connectivity index (χ4v) is 2.36. The second-order valence-electron chi connectivity index (χ2n) is 4.50. The summed E-state index contributed by atoms with van der Waals surface area (Å²) in [6, 6.07) is 0.854. The number of methoxy groups -OCH3 is 1. The Kier molecular flexibility index (Phi) is 3.90. The minimum absolute atomic E-state index is 0.132. The maximum Gasteiger partial charge on any atom is 0.328 e. The van der Waals surface area contributed by atoms with E-state index in [0.717, 1.165) is 0 Å². The predicted molar refractivity (Wildman–Crippen MR) is 65.6 cm³/mol. The molecule has 1 aromatic rings. The largest absolute Gasteiger partial charge is 0.469 e. The van der Waals surface area contributed by atoms with E-state index in [-0.39, 0.29) is 18.9 Å². The molecule has 2 unspecified atom stereocenters. The summed E-state index contributed by atoms with van der Waals surface area (Å²) >= 11 is 0. The van der Waals surface area contributed by atoms with E-state index >= 15 is 0 Å². The minimum atomic E-state index is -0.730. The lowest BCUT2D eigenvalue weighted by atomic mass is 10.1. The van der Waals surface area contributed by atoms with Crippen LogP contribution in [-0.4, -0.2) is 47.7 Å². The molecule has 0 radical (unpaired) electrons. The molecule has 6 heteroatoms. The molecule has 0 aromatic carbocycles. The van der Waals surface area contributed by atoms with Gasteiger partial charge in [0.1, 0.15) is 11.8 Å². The van der Waals surface area contributed by atoms with Gasteiger partial charge in [0.25, 0.3) is 5.91 Å². The van der Waals surface area contributed by atoms with Gasteiger partial charge in [-0.25, -0.2) is 4.79 Å². The van der Waals surface area contributed by atoms with Gasteiger partial charge in [-0.1, -0.05) is 6.92 Å². The van der Waals surface area contributed by atoms with Crippen molar-refractivity contribution in [3.8, 4) is 0 Å². The quantitative estimate of drug-likeness (QED) is 0.811. The molecule has 1 aromatic heterocycles. The first-order chi connectivity index (χ1) is 9.08. The van der Waals surface area contributed by atoms with Crippen LogP contribution in [-0.2, 0) is 16.0 Å². The first kappa shape index (κ1) is 13.6. The van der Waals surface area contributed by atoms with Gasteiger partial charge < -0.3 is 19.2 Å². The Morgan fingerprint density at radius 1 is 1.58 bits per heavy atom. The van der Waals surface area contributed by atoms with E-state index in [2.05, 4.69) is 4.74 Å². The van der Waals surface area contributed by atoms with Gasteiger partial charge in [0, 0.05) is 19.4 Å². The Hall–Kier alpha value is -1.82. The number of hydrogen-bond acceptors (Lipinski definition) is 5. The highest BCUT2D eigenvalue weighted by Crippen LogP contribution is 2.23. The molecule has 2 atom stereocenters. The summed E-state index contributed by atoms with van der Waals surface area (Å²) in [7, 11) is 1.27. The molecule has 1 saturated heterocycles. The van der Waals surface area contributed by atoms with Crippen LogP contribution in [0.5, 0.6) is 0 Å². The van der Waals surface area contributed by atoms with Crippen LogP contribution in [0, 0.1) is 0 Å². The molecule has 0 aliphatic carbocycles. The second-order valence-corrected chi connectivity index (χ2v) is 4.50. The van der Waals surface area contributed by atoms with Gasteiger partial charge in [0.05, 0.1) is 25.0 Å². The van der Waals surface area contributed by atoms with Crippen LogP contribution in [0.15, 0.2) is 16.7 Å². The van der Waals surface area contributed by atoms with E-state index in [1.165, 1.54) is 18.3 Å². The summed E-state index contributed by atoms with van der Waals surface area (Å²) in [5.41, 5.74) is 0.436. The van der Waals surface area contributed by atoms with Gasteiger partial charge >= 0.3 is 5.97 Å². The van der Waals surface area contributed by atoms with E-state index in [0.29, 0.717) is 17.7 Å². The van der Waals surface area contributed by atoms with Crippen molar-refractivity contribution in [1.29, 1.82) is 0 Å². The molecule has 2 heterocycles. The monoisotopic (exact) mass is 267 g/mol. The molecule has 0 spiro atoms. The Morgan fingerprint density at radius 2 is 2.32 bits per heavy atom. The van der Waals surface area contributed by atoms with E-state index in [1.54, 1.807) is 6.07 Å². The number of aliphatic hydroxyl groups is 1. The number of carbonyl (C=O) groups excluding carboxylic acids is 2. The number of likely N-dealkylation sites (tertiary alicyclic amines) is 1. The zero-order valence-electron chi connectivity index (χ0n) is 11.0. The second kappa shape index (κ2) is 5.44. The SMILES string of the molecule is CCc1occc1C(=O)N1CC(O)CC1C(=O)OC. The summed E-state index contributed by atoms with van der Waals surface area (Å²) in [6.07, 6.45) is 1.54. The molecule has 1 amide bonds. The van der Waals surface area contributed by atoms with Crippen LogP contribution < -0.4 is 0 Å². The molecule has 1 aliphatic heterocycles. The Bertz CT molecular complexity index is 481. The third kappa shape index (κ3) is 2.49. The first-order valence-corrected chi connectivity index (χ1v) is 6.21. The third-order valence-corrected chi connectivity index (χ3v) is 3.31. The van der Waals surface area contributed by atoms with Crippen LogP contribution in [0.4, 0.5) is 0 Å². The van der Waals surface area contributed by atoms with Crippen molar-refractivity contribution < 1.29 is 23.8 Å². The van der Waals surface area contributed by atoms with Gasteiger partial charge in [0.15, 0.2) is 0 Å². The highest BCUT2D eigenvalue weighted by atomic mass is 16.5. The standard InChI is InChI=1S/C13H17NO5/c1-3-11-9(4-5-19-11)12(16)14-7-8(15)6-10(14)13(17)18-2/h4-5,8,10,15H,3,6-7H2,1-2H3. The van der Waals surface area contributed by atoms with E-state index in [1.807, 2.05) is 6.92 Å². The maximum atomic E-state index is 12.4. The molecule has 0 saturated carbocycles. The van der Waals surface area contributed by atoms with Gasteiger partial charge in [-0.05, 0) is 6.07 Å². The van der Waals surface area contributed by atoms with Crippen molar-refractivity contribution in [1.82, 2.24) is 4.90 Å². The Balaban J connectivity index is 2.24.